The number of Topliss-reactive ketones (excluding diaryl/α,β-unsaturated/α-hetero) is 1. The lowest BCUT2D eigenvalue weighted by Crippen LogP contribution is -2.49. The van der Waals surface area contributed by atoms with Gasteiger partial charge in [0.15, 0.2) is 5.78 Å². The molecule has 25 heavy (non-hydrogen) atoms. The normalized spacial score (nSPS) is 17.3. The van der Waals surface area contributed by atoms with Gasteiger partial charge in [0, 0.05) is 31.7 Å². The Kier molecular flexibility index (Phi) is 3.70. The summed E-state index contributed by atoms with van der Waals surface area (Å²) in [6.07, 6.45) is 0. The van der Waals surface area contributed by atoms with Crippen molar-refractivity contribution in [1.29, 1.82) is 0 Å². The molecule has 1 aromatic heterocycles. The van der Waals surface area contributed by atoms with Crippen LogP contribution in [0.3, 0.4) is 0 Å². The molecule has 1 aromatic carbocycles. The lowest BCUT2D eigenvalue weighted by Gasteiger charge is -2.32. The highest BCUT2D eigenvalue weighted by molar-refractivity contribution is 6.22. The first kappa shape index (κ1) is 16.8. The molecule has 2 aromatic rings. The van der Waals surface area contributed by atoms with Gasteiger partial charge in [0.2, 0.25) is 11.8 Å². The first-order chi connectivity index (χ1) is 11.6. The Bertz CT molecular complexity index is 920. The number of hydrogen-bond donors (Lipinski definition) is 0. The number of ether oxygens (including phenoxy) is 2. The van der Waals surface area contributed by atoms with Crippen LogP contribution in [0, 0.1) is 12.8 Å². The van der Waals surface area contributed by atoms with Crippen LogP contribution >= 0.6 is 0 Å². The van der Waals surface area contributed by atoms with E-state index < -0.39 is 29.4 Å². The summed E-state index contributed by atoms with van der Waals surface area (Å²) in [6, 6.07) is 4.48. The average Bonchev–Trinajstić information content (AvgIpc) is 2.82. The fraction of sp³-hybridized carbons (Fsp3) is 0.353. The molecule has 0 N–H and O–H groups in total. The highest BCUT2D eigenvalue weighted by atomic mass is 16.7. The monoisotopic (exact) mass is 344 g/mol. The van der Waals surface area contributed by atoms with E-state index in [0.29, 0.717) is 16.6 Å². The smallest absolute Gasteiger partial charge is 0.331 e. The van der Waals surface area contributed by atoms with Crippen molar-refractivity contribution in [2.75, 3.05) is 0 Å². The summed E-state index contributed by atoms with van der Waals surface area (Å²) < 4.78 is 11.2. The van der Waals surface area contributed by atoms with Crippen LogP contribution in [0.2, 0.25) is 0 Å². The van der Waals surface area contributed by atoms with Gasteiger partial charge >= 0.3 is 11.9 Å². The molecule has 1 saturated heterocycles. The Morgan fingerprint density at radius 2 is 1.76 bits per heavy atom. The highest BCUT2D eigenvalue weighted by Gasteiger charge is 2.47. The van der Waals surface area contributed by atoms with E-state index in [1.54, 1.807) is 13.0 Å². The number of rotatable bonds is 2. The number of cyclic esters (lactones) is 2. The molecule has 3 rings (SSSR count). The molecule has 1 aliphatic heterocycles. The van der Waals surface area contributed by atoms with E-state index in [1.165, 1.54) is 37.6 Å². The number of aromatic nitrogens is 2. The Hall–Kier alpha value is -3.03. The molecule has 8 nitrogen and oxygen atoms in total. The third kappa shape index (κ3) is 2.79. The molecule has 0 aliphatic carbocycles. The van der Waals surface area contributed by atoms with Crippen LogP contribution in [0.1, 0.15) is 41.6 Å². The summed E-state index contributed by atoms with van der Waals surface area (Å²) in [7, 11) is 0. The van der Waals surface area contributed by atoms with Crippen molar-refractivity contribution in [3.05, 3.63) is 29.5 Å². The maximum atomic E-state index is 12.6. The van der Waals surface area contributed by atoms with Crippen molar-refractivity contribution < 1.29 is 28.7 Å². The summed E-state index contributed by atoms with van der Waals surface area (Å²) in [4.78, 5) is 48.3. The first-order valence-corrected chi connectivity index (χ1v) is 7.61. The molecular formula is C17H16N2O6. The predicted octanol–water partition coefficient (Wildman–Crippen LogP) is 1.64. The predicted molar refractivity (Wildman–Crippen MR) is 84.9 cm³/mol. The number of esters is 2. The Labute approximate surface area is 142 Å². The molecule has 0 atom stereocenters. The fourth-order valence-electron chi connectivity index (χ4n) is 2.76. The van der Waals surface area contributed by atoms with Gasteiger partial charge in [-0.15, -0.1) is 0 Å². The molecular weight excluding hydrogens is 328 g/mol. The minimum absolute atomic E-state index is 0.136. The SMILES string of the molecule is CC(=O)n1nc(C)c2cc(C(=O)C3C(=O)OC(C)(C)OC3=O)ccc21. The van der Waals surface area contributed by atoms with Crippen LogP contribution in [-0.2, 0) is 19.1 Å². The molecule has 0 radical (unpaired) electrons. The number of hydrogen-bond acceptors (Lipinski definition) is 7. The van der Waals surface area contributed by atoms with Gasteiger partial charge in [-0.1, -0.05) is 0 Å². The van der Waals surface area contributed by atoms with E-state index in [9.17, 15) is 19.2 Å². The van der Waals surface area contributed by atoms with Gasteiger partial charge in [0.1, 0.15) is 0 Å². The zero-order valence-corrected chi connectivity index (χ0v) is 14.2. The van der Waals surface area contributed by atoms with E-state index in [2.05, 4.69) is 5.10 Å². The van der Waals surface area contributed by atoms with E-state index in [4.69, 9.17) is 9.47 Å². The number of nitrogens with zero attached hydrogens (tertiary/aromatic N) is 2. The summed E-state index contributed by atoms with van der Waals surface area (Å²) >= 11 is 0. The number of carbonyl (C=O) groups excluding carboxylic acids is 4. The van der Waals surface area contributed by atoms with Crippen molar-refractivity contribution in [2.24, 2.45) is 5.92 Å². The standard InChI is InChI=1S/C17H16N2O6/c1-8-11-7-10(5-6-12(11)19(18-8)9(2)20)14(21)13-15(22)24-17(3,4)25-16(13)23/h5-7,13H,1-4H3. The van der Waals surface area contributed by atoms with Gasteiger partial charge in [-0.3, -0.25) is 19.2 Å². The second-order valence-electron chi connectivity index (χ2n) is 6.29. The molecule has 0 unspecified atom stereocenters. The second kappa shape index (κ2) is 5.51. The Balaban J connectivity index is 2.01. The van der Waals surface area contributed by atoms with Crippen LogP contribution in [0.15, 0.2) is 18.2 Å². The van der Waals surface area contributed by atoms with Crippen molar-refractivity contribution in [2.45, 2.75) is 33.5 Å². The lowest BCUT2D eigenvalue weighted by atomic mass is 9.95. The summed E-state index contributed by atoms with van der Waals surface area (Å²) in [5.41, 5.74) is 1.23. The average molecular weight is 344 g/mol. The largest absolute Gasteiger partial charge is 0.422 e. The minimum Gasteiger partial charge on any atom is -0.422 e. The number of aryl methyl sites for hydroxylation is 1. The molecule has 0 bridgehead atoms. The van der Waals surface area contributed by atoms with Gasteiger partial charge in [0.05, 0.1) is 11.2 Å². The number of benzene rings is 1. The number of ketones is 1. The van der Waals surface area contributed by atoms with Crippen LogP contribution in [-0.4, -0.2) is 39.2 Å². The second-order valence-corrected chi connectivity index (χ2v) is 6.29. The summed E-state index contributed by atoms with van der Waals surface area (Å²) in [5, 5.41) is 4.71. The number of fused-ring (bicyclic) bond motifs is 1. The zero-order chi connectivity index (χ0) is 18.5. The third-order valence-electron chi connectivity index (χ3n) is 3.87. The minimum atomic E-state index is -1.66. The van der Waals surface area contributed by atoms with Crippen molar-refractivity contribution in [3.8, 4) is 0 Å². The van der Waals surface area contributed by atoms with E-state index in [1.807, 2.05) is 0 Å². The van der Waals surface area contributed by atoms with Gasteiger partial charge < -0.3 is 9.47 Å². The van der Waals surface area contributed by atoms with Gasteiger partial charge in [0.25, 0.3) is 5.79 Å². The quantitative estimate of drug-likeness (QED) is 0.463. The molecule has 1 fully saturated rings. The fourth-order valence-corrected chi connectivity index (χ4v) is 2.76. The molecule has 8 heteroatoms. The zero-order valence-electron chi connectivity index (χ0n) is 14.2. The summed E-state index contributed by atoms with van der Waals surface area (Å²) in [5.74, 6) is -5.92. The van der Waals surface area contributed by atoms with Crippen LogP contribution in [0.5, 0.6) is 0 Å². The Morgan fingerprint density at radius 3 is 2.32 bits per heavy atom. The van der Waals surface area contributed by atoms with Gasteiger partial charge in [-0.25, -0.2) is 4.68 Å². The van der Waals surface area contributed by atoms with Gasteiger partial charge in [-0.2, -0.15) is 5.10 Å². The summed E-state index contributed by atoms with van der Waals surface area (Å²) in [6.45, 7) is 5.90. The van der Waals surface area contributed by atoms with E-state index in [-0.39, 0.29) is 11.5 Å². The molecule has 130 valence electrons. The van der Waals surface area contributed by atoms with Crippen LogP contribution < -0.4 is 0 Å². The van der Waals surface area contributed by atoms with Crippen molar-refractivity contribution in [1.82, 2.24) is 9.78 Å². The third-order valence-corrected chi connectivity index (χ3v) is 3.87. The topological polar surface area (TPSA) is 105 Å². The highest BCUT2D eigenvalue weighted by Crippen LogP contribution is 2.27. The molecule has 2 heterocycles. The Morgan fingerprint density at radius 1 is 1.16 bits per heavy atom. The maximum Gasteiger partial charge on any atom is 0.331 e. The van der Waals surface area contributed by atoms with Gasteiger partial charge in [-0.05, 0) is 25.1 Å². The first-order valence-electron chi connectivity index (χ1n) is 7.61. The van der Waals surface area contributed by atoms with Crippen LogP contribution in [0.25, 0.3) is 10.9 Å². The van der Waals surface area contributed by atoms with E-state index in [0.717, 1.165) is 0 Å². The molecule has 1 aliphatic rings. The van der Waals surface area contributed by atoms with Crippen LogP contribution in [0.4, 0.5) is 0 Å². The van der Waals surface area contributed by atoms with E-state index >= 15 is 0 Å². The maximum absolute atomic E-state index is 12.6. The molecule has 0 saturated carbocycles. The molecule has 0 spiro atoms. The number of carbonyl (C=O) groups is 4. The lowest BCUT2D eigenvalue weighted by molar-refractivity contribution is -0.236. The van der Waals surface area contributed by atoms with Crippen molar-refractivity contribution >= 4 is 34.5 Å². The molecule has 0 amide bonds. The van der Waals surface area contributed by atoms with Crippen molar-refractivity contribution in [3.63, 3.8) is 0 Å².